The highest BCUT2D eigenvalue weighted by Crippen LogP contribution is 2.41. The van der Waals surface area contributed by atoms with Crippen molar-refractivity contribution in [3.05, 3.63) is 94.5 Å². The van der Waals surface area contributed by atoms with E-state index < -0.39 is 8.16 Å². The van der Waals surface area contributed by atoms with Crippen LogP contribution in [0.15, 0.2) is 75.1 Å². The average Bonchev–Trinajstić information content (AvgIpc) is 3.08. The smallest absolute Gasteiger partial charge is 0.307 e. The van der Waals surface area contributed by atoms with E-state index in [-0.39, 0.29) is 0 Å². The van der Waals surface area contributed by atoms with E-state index in [0.29, 0.717) is 6.54 Å². The summed E-state index contributed by atoms with van der Waals surface area (Å²) in [6.45, 7) is 0.702. The molecule has 1 heterocycles. The highest BCUT2D eigenvalue weighted by molar-refractivity contribution is 7.38. The van der Waals surface area contributed by atoms with Crippen molar-refractivity contribution in [3.8, 4) is 0 Å². The van der Waals surface area contributed by atoms with Crippen LogP contribution in [-0.2, 0) is 32.2 Å². The second-order valence-electron chi connectivity index (χ2n) is 9.98. The Morgan fingerprint density at radius 3 is 1.91 bits per heavy atom. The zero-order valence-corrected chi connectivity index (χ0v) is 20.9. The van der Waals surface area contributed by atoms with Crippen LogP contribution in [0.3, 0.4) is 0 Å². The Bertz CT molecular complexity index is 1530. The second-order valence-corrected chi connectivity index (χ2v) is 11.2. The van der Waals surface area contributed by atoms with Crippen LogP contribution in [-0.4, -0.2) is 0 Å². The van der Waals surface area contributed by atoms with E-state index in [1.165, 1.54) is 87.9 Å². The first-order chi connectivity index (χ1) is 17.3. The lowest BCUT2D eigenvalue weighted by molar-refractivity contribution is 0.640. The molecule has 2 aliphatic rings. The topological polar surface area (TPSA) is 38.3 Å². The Kier molecular flexibility index (Phi) is 5.41. The monoisotopic (exact) mass is 479 g/mol. The van der Waals surface area contributed by atoms with Crippen molar-refractivity contribution in [1.82, 2.24) is 0 Å². The number of rotatable bonds is 3. The van der Waals surface area contributed by atoms with Crippen molar-refractivity contribution in [2.24, 2.45) is 0 Å². The summed E-state index contributed by atoms with van der Waals surface area (Å²) in [5, 5.41) is 8.79. The van der Waals surface area contributed by atoms with E-state index in [4.69, 9.17) is 8.39 Å². The molecule has 3 nitrogen and oxygen atoms in total. The summed E-state index contributed by atoms with van der Waals surface area (Å²) in [5.41, 5.74) is 9.20. The van der Waals surface area contributed by atoms with Crippen molar-refractivity contribution in [2.45, 2.75) is 57.9 Å². The van der Waals surface area contributed by atoms with Crippen molar-refractivity contribution in [3.63, 3.8) is 0 Å². The maximum absolute atomic E-state index is 6.66. The minimum absolute atomic E-state index is 0.702. The van der Waals surface area contributed by atoms with Gasteiger partial charge in [0.2, 0.25) is 0 Å². The highest BCUT2D eigenvalue weighted by atomic mass is 31.1. The number of aryl methyl sites for hydroxylation is 4. The van der Waals surface area contributed by atoms with E-state index in [1.54, 1.807) is 0 Å². The number of hydrogen-bond acceptors (Lipinski definition) is 3. The van der Waals surface area contributed by atoms with Gasteiger partial charge in [-0.1, -0.05) is 54.6 Å². The SMILES string of the molecule is c1ccc2c(CNp3oc4ccc5c(c4c4c6c(ccc4o3)CCCC6)CCCC5)cccc2c1. The van der Waals surface area contributed by atoms with E-state index in [9.17, 15) is 0 Å². The maximum Gasteiger partial charge on any atom is 0.307 e. The molecule has 0 amide bonds. The Labute approximate surface area is 206 Å². The van der Waals surface area contributed by atoms with Crippen LogP contribution in [0, 0.1) is 0 Å². The molecule has 1 N–H and O–H groups in total. The van der Waals surface area contributed by atoms with Gasteiger partial charge in [-0.2, -0.15) is 0 Å². The van der Waals surface area contributed by atoms with Gasteiger partial charge in [-0.25, -0.2) is 5.09 Å². The summed E-state index contributed by atoms with van der Waals surface area (Å²) in [6, 6.07) is 24.1. The number of fused-ring (bicyclic) bond motifs is 8. The first kappa shape index (κ1) is 21.3. The molecule has 2 aliphatic carbocycles. The highest BCUT2D eigenvalue weighted by Gasteiger charge is 2.21. The molecule has 0 radical (unpaired) electrons. The Balaban J connectivity index is 1.43. The molecule has 0 atom stereocenters. The van der Waals surface area contributed by atoms with Crippen LogP contribution in [0.2, 0.25) is 0 Å². The van der Waals surface area contributed by atoms with Crippen LogP contribution in [0.1, 0.15) is 53.5 Å². The Morgan fingerprint density at radius 2 is 1.23 bits per heavy atom. The molecule has 0 saturated carbocycles. The van der Waals surface area contributed by atoms with E-state index in [1.807, 2.05) is 0 Å². The summed E-state index contributed by atoms with van der Waals surface area (Å²) in [6.07, 6.45) is 9.67. The summed E-state index contributed by atoms with van der Waals surface area (Å²) in [4.78, 5) is 0. The van der Waals surface area contributed by atoms with Gasteiger partial charge in [0.1, 0.15) is 11.2 Å². The van der Waals surface area contributed by atoms with Gasteiger partial charge in [0.25, 0.3) is 0 Å². The molecule has 5 aromatic rings. The first-order valence-corrected chi connectivity index (χ1v) is 14.2. The summed E-state index contributed by atoms with van der Waals surface area (Å²) in [5.74, 6) is 0. The van der Waals surface area contributed by atoms with Crippen molar-refractivity contribution in [1.29, 1.82) is 0 Å². The molecule has 0 saturated heterocycles. The largest absolute Gasteiger partial charge is 0.408 e. The summed E-state index contributed by atoms with van der Waals surface area (Å²) < 4.78 is 13.3. The van der Waals surface area contributed by atoms with Crippen molar-refractivity contribution >= 4 is 40.9 Å². The van der Waals surface area contributed by atoms with Crippen LogP contribution in [0.25, 0.3) is 32.7 Å². The van der Waals surface area contributed by atoms with Gasteiger partial charge in [-0.15, -0.1) is 0 Å². The normalized spacial score (nSPS) is 15.3. The third-order valence-corrected chi connectivity index (χ3v) is 9.02. The molecular formula is C31H30NO2P. The summed E-state index contributed by atoms with van der Waals surface area (Å²) in [7, 11) is -1.33. The quantitative estimate of drug-likeness (QED) is 0.281. The van der Waals surface area contributed by atoms with Crippen molar-refractivity contribution in [2.75, 3.05) is 5.09 Å². The minimum Gasteiger partial charge on any atom is -0.408 e. The molecule has 176 valence electrons. The third kappa shape index (κ3) is 3.78. The fourth-order valence-corrected chi connectivity index (χ4v) is 7.30. The predicted molar refractivity (Wildman–Crippen MR) is 147 cm³/mol. The molecule has 1 aromatic heterocycles. The molecule has 4 heteroatoms. The Morgan fingerprint density at radius 1 is 0.629 bits per heavy atom. The molecule has 7 rings (SSSR count). The van der Waals surface area contributed by atoms with Gasteiger partial charge < -0.3 is 8.39 Å². The zero-order valence-electron chi connectivity index (χ0n) is 20.0. The van der Waals surface area contributed by atoms with Gasteiger partial charge in [-0.05, 0) is 102 Å². The average molecular weight is 480 g/mol. The van der Waals surface area contributed by atoms with E-state index in [0.717, 1.165) is 24.0 Å². The third-order valence-electron chi connectivity index (χ3n) is 7.88. The minimum atomic E-state index is -1.33. The van der Waals surface area contributed by atoms with Gasteiger partial charge >= 0.3 is 8.16 Å². The molecular weight excluding hydrogens is 449 g/mol. The molecule has 0 unspecified atom stereocenters. The lowest BCUT2D eigenvalue weighted by Crippen LogP contribution is -2.05. The first-order valence-electron chi connectivity index (χ1n) is 13.0. The zero-order chi connectivity index (χ0) is 23.2. The van der Waals surface area contributed by atoms with Gasteiger partial charge in [-0.3, -0.25) is 0 Å². The molecule has 0 aliphatic heterocycles. The molecule has 0 fully saturated rings. The maximum atomic E-state index is 6.66. The lowest BCUT2D eigenvalue weighted by atomic mass is 9.84. The summed E-state index contributed by atoms with van der Waals surface area (Å²) >= 11 is 0. The number of nitrogens with one attached hydrogen (secondary N) is 1. The molecule has 35 heavy (non-hydrogen) atoms. The molecule has 0 spiro atoms. The molecule has 0 bridgehead atoms. The van der Waals surface area contributed by atoms with Crippen LogP contribution in [0.5, 0.6) is 0 Å². The number of benzene rings is 4. The van der Waals surface area contributed by atoms with E-state index >= 15 is 0 Å². The lowest BCUT2D eigenvalue weighted by Gasteiger charge is -2.20. The molecule has 4 aromatic carbocycles. The van der Waals surface area contributed by atoms with Crippen LogP contribution >= 0.6 is 8.16 Å². The van der Waals surface area contributed by atoms with Gasteiger partial charge in [0.15, 0.2) is 0 Å². The standard InChI is InChI=1S/C31H30NO2P/c1-4-13-25-21(8-1)11-7-12-24(25)20-32-35-33-28-18-16-22-9-2-5-14-26(22)30(28)31-27-15-6-3-10-23(27)17-19-29(31)34-35/h1,4,7-8,11-13,16-19,32H,2-3,5-6,9-10,14-15,20H2. The second kappa shape index (κ2) is 8.90. The fraction of sp³-hybridized carbons (Fsp3) is 0.290. The van der Waals surface area contributed by atoms with Gasteiger partial charge in [0, 0.05) is 17.3 Å². The fourth-order valence-electron chi connectivity index (χ4n) is 6.17. The Hall–Kier alpha value is -3.00. The van der Waals surface area contributed by atoms with E-state index in [2.05, 4.69) is 71.8 Å². The van der Waals surface area contributed by atoms with Crippen LogP contribution < -0.4 is 5.09 Å². The van der Waals surface area contributed by atoms with Crippen LogP contribution in [0.4, 0.5) is 0 Å². The van der Waals surface area contributed by atoms with Crippen molar-refractivity contribution < 1.29 is 8.39 Å². The van der Waals surface area contributed by atoms with Gasteiger partial charge in [0.05, 0.1) is 0 Å². The number of hydrogen-bond donors (Lipinski definition) is 1. The predicted octanol–water partition coefficient (Wildman–Crippen LogP) is 8.94.